The lowest BCUT2D eigenvalue weighted by Gasteiger charge is -2.19. The van der Waals surface area contributed by atoms with Gasteiger partial charge in [0.05, 0.1) is 18.1 Å². The van der Waals surface area contributed by atoms with Gasteiger partial charge in [-0.15, -0.1) is 11.8 Å². The maximum absolute atomic E-state index is 12.6. The second kappa shape index (κ2) is 8.90. The average Bonchev–Trinajstić information content (AvgIpc) is 2.80. The number of nitrogens with one attached hydrogen (secondary N) is 2. The first kappa shape index (κ1) is 20.5. The van der Waals surface area contributed by atoms with Gasteiger partial charge in [-0.3, -0.25) is 14.9 Å². The Morgan fingerprint density at radius 2 is 1.65 bits per heavy atom. The van der Waals surface area contributed by atoms with E-state index < -0.39 is 11.8 Å². The van der Waals surface area contributed by atoms with Crippen molar-refractivity contribution in [2.45, 2.75) is 11.3 Å². The molecule has 0 fully saturated rings. The van der Waals surface area contributed by atoms with Gasteiger partial charge < -0.3 is 5.32 Å². The number of nitriles is 1. The van der Waals surface area contributed by atoms with Crippen LogP contribution < -0.4 is 10.6 Å². The molecule has 1 aliphatic rings. The molecular formula is C25H19N3O2S. The summed E-state index contributed by atoms with van der Waals surface area (Å²) in [7, 11) is 0. The monoisotopic (exact) mass is 425 g/mol. The van der Waals surface area contributed by atoms with Crippen molar-refractivity contribution in [3.63, 3.8) is 0 Å². The zero-order chi connectivity index (χ0) is 21.8. The van der Waals surface area contributed by atoms with E-state index in [1.165, 1.54) is 4.90 Å². The van der Waals surface area contributed by atoms with Crippen LogP contribution in [0.5, 0.6) is 0 Å². The second-order valence-electron chi connectivity index (χ2n) is 7.01. The molecule has 1 aliphatic heterocycles. The minimum atomic E-state index is -0.444. The third-order valence-corrected chi connectivity index (χ3v) is 5.81. The maximum atomic E-state index is 12.6. The fourth-order valence-corrected chi connectivity index (χ4v) is 3.81. The van der Waals surface area contributed by atoms with Crippen molar-refractivity contribution in [2.24, 2.45) is 0 Å². The van der Waals surface area contributed by atoms with Crippen molar-refractivity contribution in [1.29, 1.82) is 5.26 Å². The topological polar surface area (TPSA) is 82.0 Å². The van der Waals surface area contributed by atoms with Crippen LogP contribution in [0.15, 0.2) is 77.8 Å². The van der Waals surface area contributed by atoms with Crippen molar-refractivity contribution in [2.75, 3.05) is 11.6 Å². The number of anilines is 1. The number of carbonyl (C=O) groups excluding carboxylic acids is 2. The standard InChI is InChI=1S/C25H19N3O2S/c1-31-20-9-4-17(5-10-20)18-6-11-21-22(14-18)23(25(30)28-24(21)29)15-27-19-7-2-16(3-8-19)12-13-26/h2-11,14-15,27H,12H2,1H3,(H,28,29,30). The summed E-state index contributed by atoms with van der Waals surface area (Å²) in [5.41, 5.74) is 5.09. The van der Waals surface area contributed by atoms with Gasteiger partial charge in [-0.05, 0) is 59.3 Å². The molecule has 2 amide bonds. The van der Waals surface area contributed by atoms with Crippen LogP contribution >= 0.6 is 11.8 Å². The van der Waals surface area contributed by atoms with E-state index in [4.69, 9.17) is 5.26 Å². The molecule has 4 rings (SSSR count). The maximum Gasteiger partial charge on any atom is 0.260 e. The van der Waals surface area contributed by atoms with Crippen LogP contribution in [0.25, 0.3) is 16.7 Å². The Bertz CT molecular complexity index is 1220. The van der Waals surface area contributed by atoms with E-state index in [0.717, 1.165) is 22.4 Å². The molecule has 0 saturated carbocycles. The number of fused-ring (bicyclic) bond motifs is 1. The van der Waals surface area contributed by atoms with Crippen LogP contribution in [0, 0.1) is 11.3 Å². The minimum Gasteiger partial charge on any atom is -0.361 e. The number of benzene rings is 3. The third-order valence-electron chi connectivity index (χ3n) is 5.07. The number of nitrogens with zero attached hydrogens (tertiary/aromatic N) is 1. The SMILES string of the molecule is CSc1ccc(-c2ccc3c(c2)C(=CNc2ccc(CC#N)cc2)C(=O)NC3=O)cc1. The molecule has 0 atom stereocenters. The molecule has 3 aromatic carbocycles. The van der Waals surface area contributed by atoms with E-state index in [-0.39, 0.29) is 0 Å². The molecule has 2 N–H and O–H groups in total. The van der Waals surface area contributed by atoms with Crippen LogP contribution in [0.1, 0.15) is 21.5 Å². The van der Waals surface area contributed by atoms with Crippen LogP contribution in [0.3, 0.4) is 0 Å². The highest BCUT2D eigenvalue weighted by molar-refractivity contribution is 7.98. The van der Waals surface area contributed by atoms with Gasteiger partial charge in [0.2, 0.25) is 0 Å². The largest absolute Gasteiger partial charge is 0.361 e. The lowest BCUT2D eigenvalue weighted by molar-refractivity contribution is -0.114. The fourth-order valence-electron chi connectivity index (χ4n) is 3.40. The predicted molar refractivity (Wildman–Crippen MR) is 123 cm³/mol. The first-order valence-corrected chi connectivity index (χ1v) is 10.9. The molecule has 0 aliphatic carbocycles. The van der Waals surface area contributed by atoms with Gasteiger partial charge >= 0.3 is 0 Å². The summed E-state index contributed by atoms with van der Waals surface area (Å²) < 4.78 is 0. The summed E-state index contributed by atoms with van der Waals surface area (Å²) in [5, 5.41) is 14.3. The van der Waals surface area contributed by atoms with E-state index in [1.807, 2.05) is 66.9 Å². The molecule has 0 unspecified atom stereocenters. The molecule has 0 spiro atoms. The first-order valence-electron chi connectivity index (χ1n) is 9.66. The number of thioether (sulfide) groups is 1. The first-order chi connectivity index (χ1) is 15.1. The summed E-state index contributed by atoms with van der Waals surface area (Å²) >= 11 is 1.67. The van der Waals surface area contributed by atoms with E-state index in [2.05, 4.69) is 16.7 Å². The van der Waals surface area contributed by atoms with Gasteiger partial charge in [0, 0.05) is 27.9 Å². The highest BCUT2D eigenvalue weighted by Crippen LogP contribution is 2.30. The van der Waals surface area contributed by atoms with Crippen molar-refractivity contribution in [1.82, 2.24) is 5.32 Å². The molecule has 0 aromatic heterocycles. The molecule has 0 radical (unpaired) electrons. The lowest BCUT2D eigenvalue weighted by atomic mass is 9.91. The summed E-state index contributed by atoms with van der Waals surface area (Å²) in [6.45, 7) is 0. The molecule has 3 aromatic rings. The van der Waals surface area contributed by atoms with E-state index >= 15 is 0 Å². The average molecular weight is 426 g/mol. The number of hydrogen-bond donors (Lipinski definition) is 2. The van der Waals surface area contributed by atoms with Gasteiger partial charge in [0.25, 0.3) is 11.8 Å². The van der Waals surface area contributed by atoms with Gasteiger partial charge in [-0.1, -0.05) is 30.3 Å². The van der Waals surface area contributed by atoms with E-state index in [9.17, 15) is 9.59 Å². The lowest BCUT2D eigenvalue weighted by Crippen LogP contribution is -2.36. The van der Waals surface area contributed by atoms with Crippen LogP contribution in [-0.2, 0) is 11.2 Å². The minimum absolute atomic E-state index is 0.347. The van der Waals surface area contributed by atoms with Gasteiger partial charge in [0.15, 0.2) is 0 Å². The highest BCUT2D eigenvalue weighted by atomic mass is 32.2. The van der Waals surface area contributed by atoms with E-state index in [1.54, 1.807) is 24.0 Å². The number of amides is 2. The molecule has 152 valence electrons. The molecule has 0 bridgehead atoms. The molecule has 1 heterocycles. The van der Waals surface area contributed by atoms with Crippen LogP contribution in [0.4, 0.5) is 5.69 Å². The Morgan fingerprint density at radius 1 is 0.935 bits per heavy atom. The zero-order valence-electron chi connectivity index (χ0n) is 16.8. The predicted octanol–water partition coefficient (Wildman–Crippen LogP) is 4.86. The quantitative estimate of drug-likeness (QED) is 0.346. The Balaban J connectivity index is 1.68. The van der Waals surface area contributed by atoms with Crippen LogP contribution in [-0.4, -0.2) is 18.1 Å². The molecule has 6 heteroatoms. The highest BCUT2D eigenvalue weighted by Gasteiger charge is 2.27. The number of imide groups is 1. The summed E-state index contributed by atoms with van der Waals surface area (Å²) in [4.78, 5) is 26.1. The number of rotatable bonds is 5. The van der Waals surface area contributed by atoms with Crippen molar-refractivity contribution >= 4 is 34.8 Å². The van der Waals surface area contributed by atoms with Crippen molar-refractivity contribution in [3.8, 4) is 17.2 Å². The Hall–Kier alpha value is -3.82. The Labute approximate surface area is 184 Å². The van der Waals surface area contributed by atoms with Crippen molar-refractivity contribution < 1.29 is 9.59 Å². The summed E-state index contributed by atoms with van der Waals surface area (Å²) in [6.07, 6.45) is 3.99. The second-order valence-corrected chi connectivity index (χ2v) is 7.89. The van der Waals surface area contributed by atoms with Gasteiger partial charge in [-0.25, -0.2) is 0 Å². The van der Waals surface area contributed by atoms with Crippen molar-refractivity contribution in [3.05, 3.63) is 89.6 Å². The smallest absolute Gasteiger partial charge is 0.260 e. The molecule has 0 saturated heterocycles. The number of hydrogen-bond acceptors (Lipinski definition) is 5. The Morgan fingerprint density at radius 3 is 2.32 bits per heavy atom. The van der Waals surface area contributed by atoms with E-state index in [0.29, 0.717) is 23.1 Å². The number of carbonyl (C=O) groups is 2. The van der Waals surface area contributed by atoms with Gasteiger partial charge in [-0.2, -0.15) is 5.26 Å². The third kappa shape index (κ3) is 4.37. The zero-order valence-corrected chi connectivity index (χ0v) is 17.6. The molecule has 5 nitrogen and oxygen atoms in total. The fraction of sp³-hybridized carbons (Fsp3) is 0.0800. The normalized spacial score (nSPS) is 14.0. The van der Waals surface area contributed by atoms with Crippen LogP contribution in [0.2, 0.25) is 0 Å². The van der Waals surface area contributed by atoms with Gasteiger partial charge in [0.1, 0.15) is 0 Å². The molecule has 31 heavy (non-hydrogen) atoms. The summed E-state index contributed by atoms with van der Waals surface area (Å²) in [5.74, 6) is -0.844. The Kier molecular flexibility index (Phi) is 5.87. The molecular weight excluding hydrogens is 406 g/mol. The summed E-state index contributed by atoms with van der Waals surface area (Å²) in [6, 6.07) is 23.2.